The van der Waals surface area contributed by atoms with Gasteiger partial charge in [-0.05, 0) is 42.5 Å². The highest BCUT2D eigenvalue weighted by Crippen LogP contribution is 2.30. The summed E-state index contributed by atoms with van der Waals surface area (Å²) in [4.78, 5) is 12.4. The third-order valence-electron chi connectivity index (χ3n) is 5.57. The minimum Gasteiger partial charge on any atom is -0.497 e. The first kappa shape index (κ1) is 19.7. The molecule has 3 atom stereocenters. The zero-order valence-corrected chi connectivity index (χ0v) is 17.3. The number of hydrogen-bond donors (Lipinski definition) is 1. The highest BCUT2D eigenvalue weighted by Gasteiger charge is 2.28. The van der Waals surface area contributed by atoms with E-state index in [1.807, 2.05) is 35.9 Å². The van der Waals surface area contributed by atoms with Gasteiger partial charge in [-0.25, -0.2) is 0 Å². The molecule has 1 amide bonds. The van der Waals surface area contributed by atoms with Crippen LogP contribution in [0.15, 0.2) is 29.4 Å². The van der Waals surface area contributed by atoms with Crippen LogP contribution in [0.2, 0.25) is 0 Å². The number of nitrogens with one attached hydrogen (secondary N) is 1. The Kier molecular flexibility index (Phi) is 6.42. The summed E-state index contributed by atoms with van der Waals surface area (Å²) in [5.74, 6) is 3.20. The molecule has 7 heteroatoms. The van der Waals surface area contributed by atoms with E-state index in [1.165, 1.54) is 24.6 Å². The maximum absolute atomic E-state index is 12.4. The number of nitrogens with zero attached hydrogens (tertiary/aromatic N) is 3. The largest absolute Gasteiger partial charge is 0.497 e. The molecule has 1 aliphatic carbocycles. The average Bonchev–Trinajstić information content (AvgIpc) is 3.04. The average molecular weight is 389 g/mol. The number of methoxy groups -OCH3 is 1. The van der Waals surface area contributed by atoms with Gasteiger partial charge in [0.1, 0.15) is 5.75 Å². The minimum atomic E-state index is 0.0694. The van der Waals surface area contributed by atoms with Crippen LogP contribution >= 0.6 is 11.8 Å². The Bertz CT molecular complexity index is 775. The molecule has 27 heavy (non-hydrogen) atoms. The van der Waals surface area contributed by atoms with Gasteiger partial charge in [-0.1, -0.05) is 38.5 Å². The summed E-state index contributed by atoms with van der Waals surface area (Å²) >= 11 is 1.42. The van der Waals surface area contributed by atoms with Crippen molar-refractivity contribution in [2.45, 2.75) is 44.3 Å². The predicted molar refractivity (Wildman–Crippen MR) is 108 cm³/mol. The number of carbonyl (C=O) groups is 1. The van der Waals surface area contributed by atoms with Crippen LogP contribution in [0.5, 0.6) is 5.75 Å². The van der Waals surface area contributed by atoms with E-state index < -0.39 is 0 Å². The first-order chi connectivity index (χ1) is 13.0. The number of amides is 1. The first-order valence-corrected chi connectivity index (χ1v) is 10.4. The molecule has 3 rings (SSSR count). The Hall–Kier alpha value is -2.02. The van der Waals surface area contributed by atoms with E-state index in [0.717, 1.165) is 28.7 Å². The normalized spacial score (nSPS) is 22.4. The Labute approximate surface area is 165 Å². The number of carbonyl (C=O) groups excluding carboxylic acids is 1. The molecule has 1 fully saturated rings. The smallest absolute Gasteiger partial charge is 0.230 e. The molecule has 1 N–H and O–H groups in total. The number of hydrogen-bond acceptors (Lipinski definition) is 5. The van der Waals surface area contributed by atoms with Crippen molar-refractivity contribution in [1.29, 1.82) is 0 Å². The van der Waals surface area contributed by atoms with Gasteiger partial charge in [0.25, 0.3) is 0 Å². The molecular formula is C20H28N4O2S. The highest BCUT2D eigenvalue weighted by molar-refractivity contribution is 7.99. The fourth-order valence-corrected chi connectivity index (χ4v) is 4.32. The summed E-state index contributed by atoms with van der Waals surface area (Å²) in [6.45, 7) is 4.52. The Balaban J connectivity index is 1.58. The summed E-state index contributed by atoms with van der Waals surface area (Å²) in [6.07, 6.45) is 3.53. The summed E-state index contributed by atoms with van der Waals surface area (Å²) < 4.78 is 7.11. The van der Waals surface area contributed by atoms with Gasteiger partial charge in [0.2, 0.25) is 5.91 Å². The molecule has 0 radical (unpaired) electrons. The lowest BCUT2D eigenvalue weighted by molar-refractivity contribution is -0.120. The zero-order valence-electron chi connectivity index (χ0n) is 16.4. The standard InChI is InChI=1S/C20H28N4O2S/c1-13-6-5-7-17(14(13)2)21-18(25)12-27-20-23-22-19(24(20)3)15-8-10-16(26-4)11-9-15/h8-11,13-14,17H,5-7,12H2,1-4H3,(H,21,25). The van der Waals surface area contributed by atoms with E-state index in [2.05, 4.69) is 29.4 Å². The lowest BCUT2D eigenvalue weighted by atomic mass is 9.78. The fourth-order valence-electron chi connectivity index (χ4n) is 3.60. The van der Waals surface area contributed by atoms with Crippen molar-refractivity contribution < 1.29 is 9.53 Å². The Morgan fingerprint density at radius 2 is 2.00 bits per heavy atom. The third-order valence-corrected chi connectivity index (χ3v) is 6.59. The predicted octanol–water partition coefficient (Wildman–Crippen LogP) is 3.52. The van der Waals surface area contributed by atoms with Gasteiger partial charge in [0.05, 0.1) is 12.9 Å². The van der Waals surface area contributed by atoms with Crippen molar-refractivity contribution in [3.8, 4) is 17.1 Å². The second-order valence-electron chi connectivity index (χ2n) is 7.32. The van der Waals surface area contributed by atoms with Gasteiger partial charge >= 0.3 is 0 Å². The number of ether oxygens (including phenoxy) is 1. The van der Waals surface area contributed by atoms with E-state index in [4.69, 9.17) is 4.74 Å². The quantitative estimate of drug-likeness (QED) is 0.767. The molecule has 1 heterocycles. The lowest BCUT2D eigenvalue weighted by Gasteiger charge is -2.34. The number of rotatable bonds is 6. The lowest BCUT2D eigenvalue weighted by Crippen LogP contribution is -2.44. The molecule has 0 aliphatic heterocycles. The number of thioether (sulfide) groups is 1. The van der Waals surface area contributed by atoms with E-state index in [9.17, 15) is 4.79 Å². The molecule has 1 aromatic carbocycles. The van der Waals surface area contributed by atoms with Gasteiger partial charge in [-0.2, -0.15) is 0 Å². The van der Waals surface area contributed by atoms with Gasteiger partial charge in [-0.3, -0.25) is 4.79 Å². The second kappa shape index (κ2) is 8.78. The van der Waals surface area contributed by atoms with Crippen LogP contribution in [0, 0.1) is 11.8 Å². The Morgan fingerprint density at radius 3 is 2.70 bits per heavy atom. The number of aromatic nitrogens is 3. The van der Waals surface area contributed by atoms with Crippen LogP contribution in [-0.4, -0.2) is 39.6 Å². The van der Waals surface area contributed by atoms with E-state index in [-0.39, 0.29) is 11.9 Å². The molecule has 2 aromatic rings. The van der Waals surface area contributed by atoms with Crippen LogP contribution in [0.3, 0.4) is 0 Å². The molecule has 1 aromatic heterocycles. The van der Waals surface area contributed by atoms with Crippen molar-refractivity contribution in [3.05, 3.63) is 24.3 Å². The van der Waals surface area contributed by atoms with E-state index in [1.54, 1.807) is 7.11 Å². The summed E-state index contributed by atoms with van der Waals surface area (Å²) in [6, 6.07) is 7.99. The highest BCUT2D eigenvalue weighted by atomic mass is 32.2. The van der Waals surface area contributed by atoms with E-state index in [0.29, 0.717) is 17.6 Å². The van der Waals surface area contributed by atoms with Gasteiger partial charge in [0, 0.05) is 18.7 Å². The van der Waals surface area contributed by atoms with Gasteiger partial charge < -0.3 is 14.6 Å². The molecule has 1 saturated carbocycles. The molecule has 3 unspecified atom stereocenters. The fraction of sp³-hybridized carbons (Fsp3) is 0.550. The van der Waals surface area contributed by atoms with Crippen molar-refractivity contribution in [2.75, 3.05) is 12.9 Å². The zero-order chi connectivity index (χ0) is 19.4. The van der Waals surface area contributed by atoms with Crippen molar-refractivity contribution in [1.82, 2.24) is 20.1 Å². The monoisotopic (exact) mass is 388 g/mol. The molecular weight excluding hydrogens is 360 g/mol. The van der Waals surface area contributed by atoms with Crippen LogP contribution in [0.25, 0.3) is 11.4 Å². The third kappa shape index (κ3) is 4.64. The summed E-state index contributed by atoms with van der Waals surface area (Å²) in [5.41, 5.74) is 0.965. The van der Waals surface area contributed by atoms with Crippen molar-refractivity contribution >= 4 is 17.7 Å². The maximum atomic E-state index is 12.4. The maximum Gasteiger partial charge on any atom is 0.230 e. The first-order valence-electron chi connectivity index (χ1n) is 9.45. The van der Waals surface area contributed by atoms with Crippen LogP contribution in [0.1, 0.15) is 33.1 Å². The summed E-state index contributed by atoms with van der Waals surface area (Å²) in [5, 5.41) is 12.5. The molecule has 146 valence electrons. The van der Waals surface area contributed by atoms with Crippen molar-refractivity contribution in [2.24, 2.45) is 18.9 Å². The molecule has 6 nitrogen and oxygen atoms in total. The minimum absolute atomic E-state index is 0.0694. The van der Waals surface area contributed by atoms with E-state index >= 15 is 0 Å². The Morgan fingerprint density at radius 1 is 1.26 bits per heavy atom. The van der Waals surface area contributed by atoms with Crippen LogP contribution in [-0.2, 0) is 11.8 Å². The van der Waals surface area contributed by atoms with Crippen LogP contribution in [0.4, 0.5) is 0 Å². The SMILES string of the molecule is COc1ccc(-c2nnc(SCC(=O)NC3CCCC(C)C3C)n2C)cc1. The van der Waals surface area contributed by atoms with Crippen LogP contribution < -0.4 is 10.1 Å². The topological polar surface area (TPSA) is 69.0 Å². The molecule has 0 bridgehead atoms. The number of benzene rings is 1. The van der Waals surface area contributed by atoms with Gasteiger partial charge in [0.15, 0.2) is 11.0 Å². The summed E-state index contributed by atoms with van der Waals surface area (Å²) in [7, 11) is 3.57. The molecule has 1 aliphatic rings. The molecule has 0 spiro atoms. The second-order valence-corrected chi connectivity index (χ2v) is 8.27. The van der Waals surface area contributed by atoms with Gasteiger partial charge in [-0.15, -0.1) is 10.2 Å². The van der Waals surface area contributed by atoms with Crippen molar-refractivity contribution in [3.63, 3.8) is 0 Å². The molecule has 0 saturated heterocycles.